The number of carboxylic acid groups (broad SMARTS) is 1. The SMILES string of the molecule is Cc1cc(NC(=O)c2csc(Br)c2)c(C(=O)O)[nH]1. The molecule has 0 unspecified atom stereocenters. The summed E-state index contributed by atoms with van der Waals surface area (Å²) in [4.78, 5) is 25.5. The Balaban J connectivity index is 2.24. The van der Waals surface area contributed by atoms with Crippen LogP contribution in [0.25, 0.3) is 0 Å². The standard InChI is InChI=1S/C11H9BrN2O3S/c1-5-2-7(9(13-5)11(16)17)14-10(15)6-3-8(12)18-4-6/h2-4,13H,1H3,(H,14,15)(H,16,17). The van der Waals surface area contributed by atoms with Crippen LogP contribution in [0, 0.1) is 6.92 Å². The number of anilines is 1. The summed E-state index contributed by atoms with van der Waals surface area (Å²) in [5.41, 5.74) is 1.42. The number of amides is 1. The largest absolute Gasteiger partial charge is 0.477 e. The third-order valence-electron chi connectivity index (χ3n) is 2.24. The van der Waals surface area contributed by atoms with Crippen molar-refractivity contribution in [1.82, 2.24) is 4.98 Å². The number of carbonyl (C=O) groups excluding carboxylic acids is 1. The third-order valence-corrected chi connectivity index (χ3v) is 3.75. The number of thiophene rings is 1. The van der Waals surface area contributed by atoms with Crippen LogP contribution in [-0.2, 0) is 0 Å². The Morgan fingerprint density at radius 3 is 2.72 bits per heavy atom. The predicted octanol–water partition coefficient (Wildman–Crippen LogP) is 3.10. The number of aromatic carboxylic acids is 1. The molecule has 0 atom stereocenters. The van der Waals surface area contributed by atoms with Crippen LogP contribution in [0.15, 0.2) is 21.3 Å². The lowest BCUT2D eigenvalue weighted by Gasteiger charge is -2.02. The monoisotopic (exact) mass is 328 g/mol. The van der Waals surface area contributed by atoms with Gasteiger partial charge >= 0.3 is 5.97 Å². The summed E-state index contributed by atoms with van der Waals surface area (Å²) >= 11 is 4.66. The number of carbonyl (C=O) groups is 2. The number of aromatic amines is 1. The zero-order chi connectivity index (χ0) is 13.3. The van der Waals surface area contributed by atoms with E-state index in [1.54, 1.807) is 24.4 Å². The van der Waals surface area contributed by atoms with Gasteiger partial charge in [0.2, 0.25) is 0 Å². The second kappa shape index (κ2) is 4.95. The number of hydrogen-bond acceptors (Lipinski definition) is 3. The molecule has 0 aromatic carbocycles. The Labute approximate surface area is 115 Å². The molecule has 0 saturated carbocycles. The van der Waals surface area contributed by atoms with Crippen molar-refractivity contribution < 1.29 is 14.7 Å². The molecule has 2 aromatic rings. The molecule has 0 aliphatic carbocycles. The summed E-state index contributed by atoms with van der Waals surface area (Å²) in [7, 11) is 0. The number of aromatic nitrogens is 1. The van der Waals surface area contributed by atoms with Crippen molar-refractivity contribution in [1.29, 1.82) is 0 Å². The van der Waals surface area contributed by atoms with E-state index in [4.69, 9.17) is 5.11 Å². The number of halogens is 1. The van der Waals surface area contributed by atoms with E-state index in [1.807, 2.05) is 0 Å². The zero-order valence-electron chi connectivity index (χ0n) is 9.28. The second-order valence-electron chi connectivity index (χ2n) is 3.64. The van der Waals surface area contributed by atoms with E-state index >= 15 is 0 Å². The second-order valence-corrected chi connectivity index (χ2v) is 5.93. The third kappa shape index (κ3) is 2.62. The first-order chi connectivity index (χ1) is 8.47. The molecule has 1 amide bonds. The highest BCUT2D eigenvalue weighted by atomic mass is 79.9. The molecule has 94 valence electrons. The lowest BCUT2D eigenvalue weighted by Crippen LogP contribution is -2.13. The van der Waals surface area contributed by atoms with Crippen molar-refractivity contribution in [2.75, 3.05) is 5.32 Å². The number of aryl methyl sites for hydroxylation is 1. The van der Waals surface area contributed by atoms with Gasteiger partial charge in [-0.25, -0.2) is 4.79 Å². The molecule has 0 fully saturated rings. The van der Waals surface area contributed by atoms with Crippen molar-refractivity contribution >= 4 is 44.8 Å². The van der Waals surface area contributed by atoms with Gasteiger partial charge in [0.05, 0.1) is 15.0 Å². The van der Waals surface area contributed by atoms with Crippen LogP contribution in [0.1, 0.15) is 26.5 Å². The summed E-state index contributed by atoms with van der Waals surface area (Å²) in [6, 6.07) is 3.27. The summed E-state index contributed by atoms with van der Waals surface area (Å²) in [5.74, 6) is -1.44. The molecule has 0 aliphatic heterocycles. The molecule has 5 nitrogen and oxygen atoms in total. The van der Waals surface area contributed by atoms with E-state index in [1.165, 1.54) is 11.3 Å². The number of nitrogens with one attached hydrogen (secondary N) is 2. The maximum Gasteiger partial charge on any atom is 0.354 e. The fourth-order valence-corrected chi connectivity index (χ4v) is 2.62. The summed E-state index contributed by atoms with van der Waals surface area (Å²) < 4.78 is 0.844. The van der Waals surface area contributed by atoms with Crippen LogP contribution in [0.3, 0.4) is 0 Å². The first kappa shape index (κ1) is 12.8. The van der Waals surface area contributed by atoms with Gasteiger partial charge in [-0.3, -0.25) is 4.79 Å². The summed E-state index contributed by atoms with van der Waals surface area (Å²) in [6.45, 7) is 1.73. The lowest BCUT2D eigenvalue weighted by atomic mass is 10.3. The minimum Gasteiger partial charge on any atom is -0.477 e. The minimum absolute atomic E-state index is 0.0184. The van der Waals surface area contributed by atoms with Gasteiger partial charge in [0.1, 0.15) is 5.69 Å². The molecule has 0 bridgehead atoms. The summed E-state index contributed by atoms with van der Waals surface area (Å²) in [5, 5.41) is 13.2. The van der Waals surface area contributed by atoms with Crippen LogP contribution < -0.4 is 5.32 Å². The molecule has 3 N–H and O–H groups in total. The van der Waals surface area contributed by atoms with Crippen LogP contribution >= 0.6 is 27.3 Å². The van der Waals surface area contributed by atoms with E-state index in [0.29, 0.717) is 11.3 Å². The van der Waals surface area contributed by atoms with Crippen LogP contribution in [-0.4, -0.2) is 22.0 Å². The highest BCUT2D eigenvalue weighted by Crippen LogP contribution is 2.23. The fourth-order valence-electron chi connectivity index (χ4n) is 1.48. The molecule has 0 saturated heterocycles. The van der Waals surface area contributed by atoms with Gasteiger partial charge in [0.25, 0.3) is 5.91 Å². The van der Waals surface area contributed by atoms with Crippen molar-refractivity contribution in [3.63, 3.8) is 0 Å². The zero-order valence-corrected chi connectivity index (χ0v) is 11.7. The van der Waals surface area contributed by atoms with Crippen molar-refractivity contribution in [3.8, 4) is 0 Å². The number of hydrogen-bond donors (Lipinski definition) is 3. The average Bonchev–Trinajstić information content (AvgIpc) is 2.85. The van der Waals surface area contributed by atoms with Gasteiger partial charge in [0.15, 0.2) is 0 Å². The van der Waals surface area contributed by atoms with Gasteiger partial charge < -0.3 is 15.4 Å². The highest BCUT2D eigenvalue weighted by Gasteiger charge is 2.16. The normalized spacial score (nSPS) is 10.3. The van der Waals surface area contributed by atoms with Gasteiger partial charge in [-0.2, -0.15) is 0 Å². The maximum atomic E-state index is 11.9. The molecule has 2 rings (SSSR count). The van der Waals surface area contributed by atoms with Crippen molar-refractivity contribution in [3.05, 3.63) is 38.3 Å². The first-order valence-electron chi connectivity index (χ1n) is 4.95. The van der Waals surface area contributed by atoms with Gasteiger partial charge in [-0.15, -0.1) is 11.3 Å². The van der Waals surface area contributed by atoms with Gasteiger partial charge in [-0.05, 0) is 35.0 Å². The van der Waals surface area contributed by atoms with E-state index in [0.717, 1.165) is 3.79 Å². The minimum atomic E-state index is -1.11. The van der Waals surface area contributed by atoms with E-state index in [9.17, 15) is 9.59 Å². The van der Waals surface area contributed by atoms with Gasteiger partial charge in [-0.1, -0.05) is 0 Å². The molecule has 2 heterocycles. The van der Waals surface area contributed by atoms with Crippen LogP contribution in [0.5, 0.6) is 0 Å². The van der Waals surface area contributed by atoms with Crippen LogP contribution in [0.2, 0.25) is 0 Å². The molecular formula is C11H9BrN2O3S. The number of carboxylic acids is 1. The Morgan fingerprint density at radius 1 is 1.44 bits per heavy atom. The Kier molecular flexibility index (Phi) is 3.53. The molecule has 18 heavy (non-hydrogen) atoms. The maximum absolute atomic E-state index is 11.9. The molecule has 2 aromatic heterocycles. The van der Waals surface area contributed by atoms with E-state index in [2.05, 4.69) is 26.2 Å². The smallest absolute Gasteiger partial charge is 0.354 e. The quantitative estimate of drug-likeness (QED) is 0.809. The Morgan fingerprint density at radius 2 is 2.17 bits per heavy atom. The molecule has 7 heteroatoms. The molecular weight excluding hydrogens is 320 g/mol. The summed E-state index contributed by atoms with van der Waals surface area (Å²) in [6.07, 6.45) is 0. The van der Waals surface area contributed by atoms with Crippen LogP contribution in [0.4, 0.5) is 5.69 Å². The molecule has 0 spiro atoms. The van der Waals surface area contributed by atoms with Gasteiger partial charge in [0, 0.05) is 11.1 Å². The topological polar surface area (TPSA) is 82.2 Å². The number of H-pyrrole nitrogens is 1. The first-order valence-corrected chi connectivity index (χ1v) is 6.63. The Hall–Kier alpha value is -1.60. The van der Waals surface area contributed by atoms with E-state index < -0.39 is 5.97 Å². The van der Waals surface area contributed by atoms with E-state index in [-0.39, 0.29) is 17.3 Å². The lowest BCUT2D eigenvalue weighted by molar-refractivity contribution is 0.0692. The average molecular weight is 329 g/mol. The molecule has 0 aliphatic rings. The molecule has 0 radical (unpaired) electrons. The fraction of sp³-hybridized carbons (Fsp3) is 0.0909. The number of rotatable bonds is 3. The highest BCUT2D eigenvalue weighted by molar-refractivity contribution is 9.11. The Bertz CT molecular complexity index is 618. The predicted molar refractivity (Wildman–Crippen MR) is 72.5 cm³/mol. The van der Waals surface area contributed by atoms with Crippen molar-refractivity contribution in [2.45, 2.75) is 6.92 Å². The van der Waals surface area contributed by atoms with Crippen molar-refractivity contribution in [2.24, 2.45) is 0 Å².